The summed E-state index contributed by atoms with van der Waals surface area (Å²) >= 11 is 2.09. The fraction of sp³-hybridized carbons (Fsp3) is 1.00. The van der Waals surface area contributed by atoms with E-state index in [-0.39, 0.29) is 0 Å². The highest BCUT2D eigenvalue weighted by Crippen LogP contribution is 2.37. The maximum Gasteiger partial charge on any atom is 0.0198 e. The Bertz CT molecular complexity index is 284. The Morgan fingerprint density at radius 3 is 2.30 bits per heavy atom. The predicted octanol–water partition coefficient (Wildman–Crippen LogP) is 5.25. The molecule has 1 nitrogen and oxygen atoms in total. The Kier molecular flexibility index (Phi) is 6.28. The van der Waals surface area contributed by atoms with Crippen LogP contribution in [0.25, 0.3) is 0 Å². The van der Waals surface area contributed by atoms with Crippen molar-refractivity contribution < 1.29 is 0 Å². The lowest BCUT2D eigenvalue weighted by molar-refractivity contribution is 0.212. The first-order valence-electron chi connectivity index (χ1n) is 8.79. The van der Waals surface area contributed by atoms with Crippen LogP contribution in [-0.2, 0) is 0 Å². The van der Waals surface area contributed by atoms with Gasteiger partial charge in [-0.3, -0.25) is 0 Å². The molecule has 2 saturated carbocycles. The molecule has 4 atom stereocenters. The molecule has 2 aliphatic carbocycles. The normalized spacial score (nSPS) is 36.6. The first-order valence-corrected chi connectivity index (χ1v) is 10.1. The Morgan fingerprint density at radius 2 is 1.60 bits per heavy atom. The van der Waals surface area contributed by atoms with Gasteiger partial charge < -0.3 is 5.32 Å². The van der Waals surface area contributed by atoms with Gasteiger partial charge in [-0.05, 0) is 56.1 Å². The SMILES string of the molecule is CSC1CCCCC1NC1CCCC(C(C)(C)C)CC1. The molecule has 4 unspecified atom stereocenters. The van der Waals surface area contributed by atoms with E-state index in [1.165, 1.54) is 57.8 Å². The Balaban J connectivity index is 1.84. The maximum absolute atomic E-state index is 4.05. The quantitative estimate of drug-likeness (QED) is 0.714. The summed E-state index contributed by atoms with van der Waals surface area (Å²) in [4.78, 5) is 0. The number of hydrogen-bond donors (Lipinski definition) is 1. The second-order valence-electron chi connectivity index (χ2n) is 8.10. The van der Waals surface area contributed by atoms with Gasteiger partial charge in [0.05, 0.1) is 0 Å². The minimum atomic E-state index is 0.502. The molecule has 2 aliphatic rings. The molecular formula is C18H35NS. The summed E-state index contributed by atoms with van der Waals surface area (Å²) in [5, 5.41) is 4.92. The van der Waals surface area contributed by atoms with Gasteiger partial charge in [-0.25, -0.2) is 0 Å². The third-order valence-electron chi connectivity index (χ3n) is 5.65. The first-order chi connectivity index (χ1) is 9.50. The van der Waals surface area contributed by atoms with E-state index in [0.717, 1.165) is 23.3 Å². The van der Waals surface area contributed by atoms with Crippen LogP contribution in [0.15, 0.2) is 0 Å². The summed E-state index contributed by atoms with van der Waals surface area (Å²) in [6, 6.07) is 1.58. The molecule has 118 valence electrons. The van der Waals surface area contributed by atoms with Crippen molar-refractivity contribution in [1.82, 2.24) is 5.32 Å². The highest BCUT2D eigenvalue weighted by atomic mass is 32.2. The largest absolute Gasteiger partial charge is 0.310 e. The first kappa shape index (κ1) is 16.7. The summed E-state index contributed by atoms with van der Waals surface area (Å²) in [6.45, 7) is 7.28. The number of hydrogen-bond acceptors (Lipinski definition) is 2. The zero-order valence-electron chi connectivity index (χ0n) is 14.1. The lowest BCUT2D eigenvalue weighted by Gasteiger charge is -2.34. The fourth-order valence-corrected chi connectivity index (χ4v) is 5.15. The summed E-state index contributed by atoms with van der Waals surface area (Å²) in [5.41, 5.74) is 0.502. The van der Waals surface area contributed by atoms with E-state index in [1.807, 2.05) is 0 Å². The van der Waals surface area contributed by atoms with Crippen LogP contribution in [0.1, 0.15) is 78.6 Å². The third kappa shape index (κ3) is 4.66. The molecule has 2 heteroatoms. The van der Waals surface area contributed by atoms with Crippen molar-refractivity contribution in [3.8, 4) is 0 Å². The van der Waals surface area contributed by atoms with Gasteiger partial charge in [-0.15, -0.1) is 0 Å². The summed E-state index contributed by atoms with van der Waals surface area (Å²) < 4.78 is 0. The Hall–Kier alpha value is 0.310. The summed E-state index contributed by atoms with van der Waals surface area (Å²) in [5.74, 6) is 0.928. The van der Waals surface area contributed by atoms with Crippen LogP contribution in [-0.4, -0.2) is 23.6 Å². The van der Waals surface area contributed by atoms with Crippen LogP contribution in [0.5, 0.6) is 0 Å². The van der Waals surface area contributed by atoms with Gasteiger partial charge in [0.2, 0.25) is 0 Å². The van der Waals surface area contributed by atoms with Crippen LogP contribution in [0, 0.1) is 11.3 Å². The number of thioether (sulfide) groups is 1. The fourth-order valence-electron chi connectivity index (χ4n) is 4.21. The van der Waals surface area contributed by atoms with E-state index in [2.05, 4.69) is 44.1 Å². The Morgan fingerprint density at radius 1 is 0.850 bits per heavy atom. The molecule has 1 N–H and O–H groups in total. The van der Waals surface area contributed by atoms with Crippen molar-refractivity contribution in [3.63, 3.8) is 0 Å². The molecule has 0 amide bonds. The molecule has 2 rings (SSSR count). The molecule has 0 bridgehead atoms. The van der Waals surface area contributed by atoms with Crippen molar-refractivity contribution in [2.45, 2.75) is 95.9 Å². The van der Waals surface area contributed by atoms with Crippen molar-refractivity contribution in [2.24, 2.45) is 11.3 Å². The smallest absolute Gasteiger partial charge is 0.0198 e. The summed E-state index contributed by atoms with van der Waals surface area (Å²) in [7, 11) is 0. The standard InChI is InChI=1S/C18H35NS/c1-18(2,3)14-8-7-9-15(13-12-14)19-16-10-5-6-11-17(16)20-4/h14-17,19H,5-13H2,1-4H3. The van der Waals surface area contributed by atoms with E-state index < -0.39 is 0 Å². The highest BCUT2D eigenvalue weighted by molar-refractivity contribution is 7.99. The molecule has 0 aromatic heterocycles. The van der Waals surface area contributed by atoms with Crippen molar-refractivity contribution in [3.05, 3.63) is 0 Å². The van der Waals surface area contributed by atoms with E-state index in [4.69, 9.17) is 0 Å². The van der Waals surface area contributed by atoms with Gasteiger partial charge in [-0.1, -0.05) is 40.0 Å². The minimum absolute atomic E-state index is 0.502. The van der Waals surface area contributed by atoms with Crippen LogP contribution < -0.4 is 5.32 Å². The number of nitrogens with one attached hydrogen (secondary N) is 1. The van der Waals surface area contributed by atoms with Gasteiger partial charge >= 0.3 is 0 Å². The topological polar surface area (TPSA) is 12.0 Å². The molecule has 0 saturated heterocycles. The zero-order chi connectivity index (χ0) is 14.6. The predicted molar refractivity (Wildman–Crippen MR) is 92.5 cm³/mol. The van der Waals surface area contributed by atoms with Crippen LogP contribution >= 0.6 is 11.8 Å². The van der Waals surface area contributed by atoms with Gasteiger partial charge in [0, 0.05) is 17.3 Å². The van der Waals surface area contributed by atoms with Crippen LogP contribution in [0.3, 0.4) is 0 Å². The van der Waals surface area contributed by atoms with E-state index in [9.17, 15) is 0 Å². The molecule has 0 aromatic carbocycles. The lowest BCUT2D eigenvalue weighted by Crippen LogP contribution is -2.45. The molecule has 0 heterocycles. The molecule has 0 aromatic rings. The minimum Gasteiger partial charge on any atom is -0.310 e. The second-order valence-corrected chi connectivity index (χ2v) is 9.18. The Labute approximate surface area is 131 Å². The molecule has 0 radical (unpaired) electrons. The molecule has 2 fully saturated rings. The molecule has 20 heavy (non-hydrogen) atoms. The zero-order valence-corrected chi connectivity index (χ0v) is 14.9. The van der Waals surface area contributed by atoms with Gasteiger partial charge in [0.1, 0.15) is 0 Å². The average Bonchev–Trinajstić information content (AvgIpc) is 2.64. The lowest BCUT2D eigenvalue weighted by atomic mass is 9.76. The third-order valence-corrected chi connectivity index (χ3v) is 6.82. The monoisotopic (exact) mass is 297 g/mol. The van der Waals surface area contributed by atoms with Crippen molar-refractivity contribution in [2.75, 3.05) is 6.26 Å². The van der Waals surface area contributed by atoms with E-state index >= 15 is 0 Å². The van der Waals surface area contributed by atoms with Crippen LogP contribution in [0.4, 0.5) is 0 Å². The van der Waals surface area contributed by atoms with Gasteiger partial charge in [-0.2, -0.15) is 11.8 Å². The van der Waals surface area contributed by atoms with Gasteiger partial charge in [0.25, 0.3) is 0 Å². The number of rotatable bonds is 3. The van der Waals surface area contributed by atoms with Crippen LogP contribution in [0.2, 0.25) is 0 Å². The summed E-state index contributed by atoms with van der Waals surface area (Å²) in [6.07, 6.45) is 15.1. The second kappa shape index (κ2) is 7.54. The maximum atomic E-state index is 4.05. The highest BCUT2D eigenvalue weighted by Gasteiger charge is 2.30. The van der Waals surface area contributed by atoms with Gasteiger partial charge in [0.15, 0.2) is 0 Å². The average molecular weight is 298 g/mol. The molecule has 0 aliphatic heterocycles. The molecular weight excluding hydrogens is 262 g/mol. The van der Waals surface area contributed by atoms with E-state index in [0.29, 0.717) is 5.41 Å². The van der Waals surface area contributed by atoms with E-state index in [1.54, 1.807) is 0 Å². The molecule has 0 spiro atoms. The van der Waals surface area contributed by atoms with Crippen molar-refractivity contribution in [1.29, 1.82) is 0 Å². The van der Waals surface area contributed by atoms with Crippen molar-refractivity contribution >= 4 is 11.8 Å².